The second kappa shape index (κ2) is 8.58. The van der Waals surface area contributed by atoms with E-state index in [-0.39, 0.29) is 12.2 Å². The van der Waals surface area contributed by atoms with Crippen LogP contribution in [0.25, 0.3) is 0 Å². The van der Waals surface area contributed by atoms with E-state index in [0.717, 1.165) is 0 Å². The molecule has 4 atom stereocenters. The van der Waals surface area contributed by atoms with Crippen molar-refractivity contribution in [3.05, 3.63) is 30.1 Å². The van der Waals surface area contributed by atoms with Crippen LogP contribution in [0.3, 0.4) is 0 Å². The second-order valence-corrected chi connectivity index (χ2v) is 5.92. The number of carbonyl (C=O) groups is 4. The normalized spacial score (nSPS) is 24.1. The monoisotopic (exact) mass is 381 g/mol. The Hall–Kier alpha value is -3.01. The third kappa shape index (κ3) is 5.23. The molecule has 0 aliphatic carbocycles. The minimum Gasteiger partial charge on any atom is -0.463 e. The van der Waals surface area contributed by atoms with Crippen molar-refractivity contribution in [3.8, 4) is 0 Å². The fourth-order valence-electron chi connectivity index (χ4n) is 2.73. The van der Waals surface area contributed by atoms with Crippen LogP contribution in [0.2, 0.25) is 0 Å². The molecule has 10 nitrogen and oxygen atoms in total. The molecule has 27 heavy (non-hydrogen) atoms. The van der Waals surface area contributed by atoms with E-state index < -0.39 is 48.4 Å². The number of aromatic nitrogens is 1. The number of carbonyl (C=O) groups excluding carboxylic acids is 4. The van der Waals surface area contributed by atoms with Crippen molar-refractivity contribution in [1.29, 1.82) is 0 Å². The molecule has 1 amide bonds. The molecule has 2 rings (SSSR count). The maximum Gasteiger partial charge on any atom is 0.304 e. The Morgan fingerprint density at radius 1 is 1.07 bits per heavy atom. The zero-order valence-electron chi connectivity index (χ0n) is 15.1. The first-order chi connectivity index (χ1) is 12.7. The van der Waals surface area contributed by atoms with Gasteiger partial charge in [-0.3, -0.25) is 19.2 Å². The van der Waals surface area contributed by atoms with Crippen molar-refractivity contribution in [3.63, 3.8) is 0 Å². The minimum atomic E-state index is -1.03. The van der Waals surface area contributed by atoms with Crippen LogP contribution in [0.5, 0.6) is 0 Å². The number of hydrogen-bond acceptors (Lipinski definition) is 8. The first-order valence-electron chi connectivity index (χ1n) is 8.13. The highest BCUT2D eigenvalue weighted by molar-refractivity contribution is 5.92. The number of nitrogens with zero attached hydrogens (tertiary/aromatic N) is 1. The number of rotatable bonds is 6. The van der Waals surface area contributed by atoms with Crippen molar-refractivity contribution < 1.29 is 42.7 Å². The summed E-state index contributed by atoms with van der Waals surface area (Å²) < 4.78 is 22.8. The third-order valence-corrected chi connectivity index (χ3v) is 3.74. The average Bonchev–Trinajstić information content (AvgIpc) is 2.89. The maximum atomic E-state index is 11.6. The van der Waals surface area contributed by atoms with E-state index in [9.17, 15) is 19.2 Å². The topological polar surface area (TPSA) is 135 Å². The molecule has 1 fully saturated rings. The fourth-order valence-corrected chi connectivity index (χ4v) is 2.73. The van der Waals surface area contributed by atoms with Crippen molar-refractivity contribution >= 4 is 23.8 Å². The van der Waals surface area contributed by atoms with Gasteiger partial charge in [0, 0.05) is 26.8 Å². The van der Waals surface area contributed by atoms with E-state index in [0.29, 0.717) is 0 Å². The summed E-state index contributed by atoms with van der Waals surface area (Å²) in [5.41, 5.74) is 5.50. The lowest BCUT2D eigenvalue weighted by molar-refractivity contribution is -0.765. The van der Waals surface area contributed by atoms with Crippen LogP contribution in [0, 0.1) is 0 Å². The predicted molar refractivity (Wildman–Crippen MR) is 86.8 cm³/mol. The summed E-state index contributed by atoms with van der Waals surface area (Å²) in [5, 5.41) is 0. The smallest absolute Gasteiger partial charge is 0.304 e. The van der Waals surface area contributed by atoms with Gasteiger partial charge in [-0.2, -0.15) is 4.57 Å². The van der Waals surface area contributed by atoms with Gasteiger partial charge in [-0.1, -0.05) is 0 Å². The fraction of sp³-hybridized carbons (Fsp3) is 0.471. The van der Waals surface area contributed by atoms with Crippen LogP contribution in [-0.2, 0) is 33.3 Å². The molecule has 10 heteroatoms. The number of primary amides is 1. The Balaban J connectivity index is 2.39. The Morgan fingerprint density at radius 2 is 1.70 bits per heavy atom. The Morgan fingerprint density at radius 3 is 2.26 bits per heavy atom. The van der Waals surface area contributed by atoms with Crippen LogP contribution in [0.4, 0.5) is 0 Å². The minimum absolute atomic E-state index is 0.204. The first-order valence-corrected chi connectivity index (χ1v) is 8.13. The van der Waals surface area contributed by atoms with Crippen molar-refractivity contribution in [2.75, 3.05) is 6.61 Å². The van der Waals surface area contributed by atoms with Gasteiger partial charge in [0.2, 0.25) is 6.10 Å². The van der Waals surface area contributed by atoms with Crippen molar-refractivity contribution in [1.82, 2.24) is 0 Å². The Labute approximate surface area is 155 Å². The molecule has 146 valence electrons. The Kier molecular flexibility index (Phi) is 6.45. The molecule has 0 aromatic carbocycles. The number of esters is 3. The molecule has 2 heterocycles. The predicted octanol–water partition coefficient (Wildman–Crippen LogP) is -0.603. The van der Waals surface area contributed by atoms with Crippen LogP contribution >= 0.6 is 0 Å². The molecule has 2 N–H and O–H groups in total. The first kappa shape index (κ1) is 20.3. The zero-order valence-corrected chi connectivity index (χ0v) is 15.1. The lowest BCUT2D eigenvalue weighted by atomic mass is 10.1. The standard InChI is InChI=1S/C17H20N2O8/c1-9(20)24-8-13-14(25-10(2)21)15(26-11(3)22)17(27-13)19-6-4-5-12(7-19)16(18)23/h4-7,13-15,17H,8H2,1-3H3,(H-,18,23)/p+1/t13-,14?,15+,17-/m1/s1. The summed E-state index contributed by atoms with van der Waals surface area (Å²) in [7, 11) is 0. The summed E-state index contributed by atoms with van der Waals surface area (Å²) in [6.07, 6.45) is -0.856. The molecule has 0 bridgehead atoms. The molecule has 1 aromatic heterocycles. The van der Waals surface area contributed by atoms with Gasteiger partial charge >= 0.3 is 24.1 Å². The van der Waals surface area contributed by atoms with E-state index in [1.54, 1.807) is 12.3 Å². The third-order valence-electron chi connectivity index (χ3n) is 3.74. The van der Waals surface area contributed by atoms with Crippen molar-refractivity contribution in [2.45, 2.75) is 45.3 Å². The summed E-state index contributed by atoms with van der Waals surface area (Å²) >= 11 is 0. The number of pyridine rings is 1. The molecule has 0 radical (unpaired) electrons. The van der Waals surface area contributed by atoms with Gasteiger partial charge in [-0.25, -0.2) is 0 Å². The molecule has 1 unspecified atom stereocenters. The summed E-state index contributed by atoms with van der Waals surface area (Å²) in [4.78, 5) is 45.6. The van der Waals surface area contributed by atoms with Gasteiger partial charge in [0.15, 0.2) is 18.5 Å². The van der Waals surface area contributed by atoms with Gasteiger partial charge in [0.05, 0.1) is 0 Å². The van der Waals surface area contributed by atoms with Gasteiger partial charge in [0.1, 0.15) is 18.3 Å². The molecule has 0 spiro atoms. The number of nitrogens with two attached hydrogens (primary N) is 1. The highest BCUT2D eigenvalue weighted by Gasteiger charge is 2.54. The van der Waals surface area contributed by atoms with E-state index in [1.165, 1.54) is 37.6 Å². The van der Waals surface area contributed by atoms with Gasteiger partial charge in [-0.05, 0) is 6.07 Å². The van der Waals surface area contributed by atoms with E-state index in [1.807, 2.05) is 0 Å². The average molecular weight is 381 g/mol. The largest absolute Gasteiger partial charge is 0.463 e. The van der Waals surface area contributed by atoms with Crippen LogP contribution in [0.15, 0.2) is 24.5 Å². The maximum absolute atomic E-state index is 11.6. The highest BCUT2D eigenvalue weighted by Crippen LogP contribution is 2.31. The molecule has 0 saturated carbocycles. The molecular weight excluding hydrogens is 360 g/mol. The van der Waals surface area contributed by atoms with Gasteiger partial charge in [-0.15, -0.1) is 0 Å². The number of ether oxygens (including phenoxy) is 4. The van der Waals surface area contributed by atoms with E-state index >= 15 is 0 Å². The summed E-state index contributed by atoms with van der Waals surface area (Å²) in [6, 6.07) is 3.07. The van der Waals surface area contributed by atoms with Crippen molar-refractivity contribution in [2.24, 2.45) is 5.73 Å². The quantitative estimate of drug-likeness (QED) is 0.392. The van der Waals surface area contributed by atoms with Gasteiger partial charge < -0.3 is 24.7 Å². The van der Waals surface area contributed by atoms with Crippen LogP contribution in [0.1, 0.15) is 37.4 Å². The van der Waals surface area contributed by atoms with E-state index in [2.05, 4.69) is 0 Å². The molecule has 1 aromatic rings. The second-order valence-electron chi connectivity index (χ2n) is 5.92. The van der Waals surface area contributed by atoms with E-state index in [4.69, 9.17) is 24.7 Å². The highest BCUT2D eigenvalue weighted by atomic mass is 16.7. The lowest BCUT2D eigenvalue weighted by Crippen LogP contribution is -2.48. The molecule has 1 saturated heterocycles. The zero-order chi connectivity index (χ0) is 20.1. The SMILES string of the molecule is CC(=O)OC[C@H]1O[C@@H]([n+]2cccc(C(N)=O)c2)[C@@H](OC(C)=O)C1OC(C)=O. The van der Waals surface area contributed by atoms with Gasteiger partial charge in [0.25, 0.3) is 5.91 Å². The van der Waals surface area contributed by atoms with Crippen LogP contribution < -0.4 is 10.3 Å². The summed E-state index contributed by atoms with van der Waals surface area (Å²) in [6.45, 7) is 3.41. The number of amides is 1. The number of hydrogen-bond donors (Lipinski definition) is 1. The molecular formula is C17H21N2O8+. The lowest BCUT2D eigenvalue weighted by Gasteiger charge is -2.21. The molecule has 1 aliphatic rings. The molecule has 1 aliphatic heterocycles. The summed E-state index contributed by atoms with van der Waals surface area (Å²) in [5.74, 6) is -2.44. The Bertz CT molecular complexity index is 750. The van der Waals surface area contributed by atoms with Crippen LogP contribution in [-0.4, -0.2) is 48.7 Å².